The predicted octanol–water partition coefficient (Wildman–Crippen LogP) is 2.41. The molecular weight excluding hydrogens is 302 g/mol. The molecule has 2 aromatic heterocycles. The standard InChI is InChI=1S/C17H23N7/c1-6-7-24-11(2)8-13(12(24)3)9-14(10-18)15-20-16(19)22-17(21-15)23(4)5/h8-9H,6-7H2,1-5H3,(H2,19,20,21,22)/b14-9-. The van der Waals surface area contributed by atoms with Crippen LogP contribution in [0.2, 0.25) is 0 Å². The summed E-state index contributed by atoms with van der Waals surface area (Å²) in [5.74, 6) is 0.811. The summed E-state index contributed by atoms with van der Waals surface area (Å²) in [4.78, 5) is 14.2. The van der Waals surface area contributed by atoms with Crippen molar-refractivity contribution in [2.75, 3.05) is 24.7 Å². The lowest BCUT2D eigenvalue weighted by Gasteiger charge is -2.11. The highest BCUT2D eigenvalue weighted by Gasteiger charge is 2.13. The maximum Gasteiger partial charge on any atom is 0.230 e. The van der Waals surface area contributed by atoms with Crippen molar-refractivity contribution in [3.63, 3.8) is 0 Å². The van der Waals surface area contributed by atoms with Gasteiger partial charge in [-0.05, 0) is 38.0 Å². The summed E-state index contributed by atoms with van der Waals surface area (Å²) in [5, 5.41) is 9.55. The monoisotopic (exact) mass is 325 g/mol. The number of nitrogens with two attached hydrogens (primary N) is 1. The fraction of sp³-hybridized carbons (Fsp3) is 0.412. The van der Waals surface area contributed by atoms with Crippen LogP contribution in [-0.4, -0.2) is 33.6 Å². The highest BCUT2D eigenvalue weighted by Crippen LogP contribution is 2.22. The number of nitriles is 1. The van der Waals surface area contributed by atoms with Crippen LogP contribution in [0.4, 0.5) is 11.9 Å². The number of allylic oxidation sites excluding steroid dienone is 1. The Balaban J connectivity index is 2.52. The molecule has 0 aliphatic heterocycles. The van der Waals surface area contributed by atoms with Gasteiger partial charge in [0, 0.05) is 32.0 Å². The van der Waals surface area contributed by atoms with E-state index in [0.29, 0.717) is 11.5 Å². The predicted molar refractivity (Wildman–Crippen MR) is 96.2 cm³/mol. The average Bonchev–Trinajstić information content (AvgIpc) is 2.79. The summed E-state index contributed by atoms with van der Waals surface area (Å²) in [6.45, 7) is 7.22. The molecule has 7 nitrogen and oxygen atoms in total. The number of hydrogen-bond acceptors (Lipinski definition) is 6. The maximum atomic E-state index is 9.55. The SMILES string of the molecule is CCCn1c(C)cc(/C=C(/C#N)c2nc(N)nc(N(C)C)n2)c1C. The molecular formula is C17H23N7. The number of anilines is 2. The molecule has 24 heavy (non-hydrogen) atoms. The molecule has 0 aliphatic rings. The summed E-state index contributed by atoms with van der Waals surface area (Å²) in [7, 11) is 3.62. The zero-order valence-corrected chi connectivity index (χ0v) is 14.8. The van der Waals surface area contributed by atoms with E-state index in [4.69, 9.17) is 5.73 Å². The highest BCUT2D eigenvalue weighted by molar-refractivity contribution is 5.88. The van der Waals surface area contributed by atoms with Gasteiger partial charge in [-0.25, -0.2) is 0 Å². The van der Waals surface area contributed by atoms with Crippen molar-refractivity contribution in [2.24, 2.45) is 0 Å². The van der Waals surface area contributed by atoms with Gasteiger partial charge in [-0.2, -0.15) is 20.2 Å². The van der Waals surface area contributed by atoms with Gasteiger partial charge in [0.25, 0.3) is 0 Å². The van der Waals surface area contributed by atoms with Crippen LogP contribution in [0.25, 0.3) is 11.6 Å². The fourth-order valence-corrected chi connectivity index (χ4v) is 2.55. The van der Waals surface area contributed by atoms with E-state index in [1.165, 1.54) is 5.69 Å². The largest absolute Gasteiger partial charge is 0.368 e. The second kappa shape index (κ2) is 7.13. The van der Waals surface area contributed by atoms with Gasteiger partial charge >= 0.3 is 0 Å². The Morgan fingerprint density at radius 3 is 2.62 bits per heavy atom. The molecule has 0 saturated heterocycles. The molecule has 0 unspecified atom stereocenters. The van der Waals surface area contributed by atoms with Crippen LogP contribution < -0.4 is 10.6 Å². The number of rotatable bonds is 5. The first-order chi connectivity index (χ1) is 11.4. The van der Waals surface area contributed by atoms with E-state index in [-0.39, 0.29) is 11.8 Å². The molecule has 2 heterocycles. The van der Waals surface area contributed by atoms with E-state index in [1.54, 1.807) is 4.90 Å². The van der Waals surface area contributed by atoms with Crippen molar-refractivity contribution < 1.29 is 0 Å². The number of nitrogens with zero attached hydrogens (tertiary/aromatic N) is 6. The zero-order valence-electron chi connectivity index (χ0n) is 14.8. The molecule has 0 aromatic carbocycles. The van der Waals surface area contributed by atoms with Crippen LogP contribution in [0.5, 0.6) is 0 Å². The molecule has 2 aromatic rings. The molecule has 126 valence electrons. The van der Waals surface area contributed by atoms with Crippen LogP contribution in [0, 0.1) is 25.2 Å². The van der Waals surface area contributed by atoms with Gasteiger partial charge in [0.15, 0.2) is 5.82 Å². The normalized spacial score (nSPS) is 11.4. The molecule has 0 radical (unpaired) electrons. The number of aryl methyl sites for hydroxylation is 1. The third kappa shape index (κ3) is 3.54. The van der Waals surface area contributed by atoms with Crippen LogP contribution >= 0.6 is 0 Å². The van der Waals surface area contributed by atoms with Gasteiger partial charge in [-0.15, -0.1) is 0 Å². The molecule has 2 N–H and O–H groups in total. The molecule has 0 amide bonds. The molecule has 2 rings (SSSR count). The van der Waals surface area contributed by atoms with E-state index in [9.17, 15) is 5.26 Å². The molecule has 0 spiro atoms. The van der Waals surface area contributed by atoms with E-state index in [2.05, 4.69) is 52.4 Å². The first kappa shape index (κ1) is 17.5. The Hall–Kier alpha value is -2.88. The molecule has 0 fully saturated rings. The van der Waals surface area contributed by atoms with Gasteiger partial charge in [-0.1, -0.05) is 6.92 Å². The topological polar surface area (TPSA) is 96.6 Å². The number of aromatic nitrogens is 4. The minimum Gasteiger partial charge on any atom is -0.368 e. The van der Waals surface area contributed by atoms with Gasteiger partial charge < -0.3 is 15.2 Å². The Kier molecular flexibility index (Phi) is 5.19. The first-order valence-electron chi connectivity index (χ1n) is 7.85. The number of hydrogen-bond donors (Lipinski definition) is 1. The quantitative estimate of drug-likeness (QED) is 0.848. The summed E-state index contributed by atoms with van der Waals surface area (Å²) >= 11 is 0. The lowest BCUT2D eigenvalue weighted by Crippen LogP contribution is -2.15. The third-order valence-electron chi connectivity index (χ3n) is 3.76. The summed E-state index contributed by atoms with van der Waals surface area (Å²) in [6.07, 6.45) is 2.86. The Bertz CT molecular complexity index is 809. The second-order valence-electron chi connectivity index (χ2n) is 5.86. The maximum absolute atomic E-state index is 9.55. The van der Waals surface area contributed by atoms with Gasteiger partial charge in [0.2, 0.25) is 11.9 Å². The van der Waals surface area contributed by atoms with Crippen molar-refractivity contribution >= 4 is 23.5 Å². The summed E-state index contributed by atoms with van der Waals surface area (Å²) in [5.41, 5.74) is 9.40. The van der Waals surface area contributed by atoms with Crippen molar-refractivity contribution in [2.45, 2.75) is 33.7 Å². The minimum absolute atomic E-state index is 0.0984. The highest BCUT2D eigenvalue weighted by atomic mass is 15.3. The summed E-state index contributed by atoms with van der Waals surface area (Å²) < 4.78 is 2.24. The lowest BCUT2D eigenvalue weighted by molar-refractivity contribution is 0.648. The van der Waals surface area contributed by atoms with Crippen LogP contribution in [0.15, 0.2) is 6.07 Å². The van der Waals surface area contributed by atoms with E-state index in [0.717, 1.165) is 24.2 Å². The van der Waals surface area contributed by atoms with E-state index < -0.39 is 0 Å². The molecule has 0 bridgehead atoms. The zero-order chi connectivity index (χ0) is 17.9. The van der Waals surface area contributed by atoms with Gasteiger partial charge in [-0.3, -0.25) is 0 Å². The van der Waals surface area contributed by atoms with E-state index >= 15 is 0 Å². The molecule has 0 atom stereocenters. The average molecular weight is 325 g/mol. The first-order valence-corrected chi connectivity index (χ1v) is 7.85. The summed E-state index contributed by atoms with van der Waals surface area (Å²) in [6, 6.07) is 4.24. The Morgan fingerprint density at radius 2 is 2.04 bits per heavy atom. The van der Waals surface area contributed by atoms with Crippen molar-refractivity contribution in [3.8, 4) is 6.07 Å². The van der Waals surface area contributed by atoms with Gasteiger partial charge in [0.1, 0.15) is 6.07 Å². The van der Waals surface area contributed by atoms with Gasteiger partial charge in [0.05, 0.1) is 5.57 Å². The van der Waals surface area contributed by atoms with Crippen LogP contribution in [0.3, 0.4) is 0 Å². The van der Waals surface area contributed by atoms with Crippen molar-refractivity contribution in [1.82, 2.24) is 19.5 Å². The Labute approximate surface area is 142 Å². The fourth-order valence-electron chi connectivity index (χ4n) is 2.55. The Morgan fingerprint density at radius 1 is 1.33 bits per heavy atom. The lowest BCUT2D eigenvalue weighted by atomic mass is 10.1. The molecule has 0 aliphatic carbocycles. The minimum atomic E-state index is 0.0984. The molecule has 7 heteroatoms. The smallest absolute Gasteiger partial charge is 0.230 e. The third-order valence-corrected chi connectivity index (χ3v) is 3.76. The van der Waals surface area contributed by atoms with Crippen molar-refractivity contribution in [1.29, 1.82) is 5.26 Å². The second-order valence-corrected chi connectivity index (χ2v) is 5.86. The van der Waals surface area contributed by atoms with Crippen LogP contribution in [-0.2, 0) is 6.54 Å². The number of nitrogen functional groups attached to an aromatic ring is 1. The van der Waals surface area contributed by atoms with Crippen LogP contribution in [0.1, 0.15) is 36.1 Å². The van der Waals surface area contributed by atoms with Crippen molar-refractivity contribution in [3.05, 3.63) is 28.8 Å². The van der Waals surface area contributed by atoms with E-state index in [1.807, 2.05) is 20.2 Å². The molecule has 0 saturated carbocycles.